The van der Waals surface area contributed by atoms with Crippen molar-refractivity contribution in [2.75, 3.05) is 11.9 Å². The van der Waals surface area contributed by atoms with Crippen molar-refractivity contribution in [2.45, 2.75) is 26.9 Å². The largest absolute Gasteiger partial charge is 0.387 e. The first-order chi connectivity index (χ1) is 8.84. The molecule has 104 valence electrons. The molecule has 3 N–H and O–H groups in total. The number of hydrogen-bond donors (Lipinski definition) is 3. The third-order valence-electron chi connectivity index (χ3n) is 2.60. The molecule has 0 bridgehead atoms. The Labute approximate surface area is 113 Å². The van der Waals surface area contributed by atoms with Crippen LogP contribution in [0.5, 0.6) is 0 Å². The number of benzene rings is 1. The minimum Gasteiger partial charge on any atom is -0.387 e. The zero-order chi connectivity index (χ0) is 14.5. The van der Waals surface area contributed by atoms with Gasteiger partial charge in [0.25, 0.3) is 0 Å². The van der Waals surface area contributed by atoms with Crippen molar-refractivity contribution < 1.29 is 14.7 Å². The van der Waals surface area contributed by atoms with E-state index >= 15 is 0 Å². The summed E-state index contributed by atoms with van der Waals surface area (Å²) in [5, 5.41) is 15.0. The molecule has 19 heavy (non-hydrogen) atoms. The summed E-state index contributed by atoms with van der Waals surface area (Å²) < 4.78 is 0. The van der Waals surface area contributed by atoms with Crippen LogP contribution in [0.25, 0.3) is 0 Å². The third-order valence-corrected chi connectivity index (χ3v) is 2.60. The predicted octanol–water partition coefficient (Wildman–Crippen LogP) is 1.45. The molecule has 0 radical (unpaired) electrons. The molecular weight excluding hydrogens is 244 g/mol. The van der Waals surface area contributed by atoms with Crippen molar-refractivity contribution >= 4 is 18.0 Å². The normalized spacial score (nSPS) is 12.6. The van der Waals surface area contributed by atoms with Crippen molar-refractivity contribution in [1.82, 2.24) is 5.32 Å². The molecule has 0 fully saturated rings. The van der Waals surface area contributed by atoms with Gasteiger partial charge in [0.1, 0.15) is 0 Å². The van der Waals surface area contributed by atoms with Crippen molar-refractivity contribution in [2.24, 2.45) is 5.41 Å². The molecule has 2 amide bonds. The van der Waals surface area contributed by atoms with Gasteiger partial charge < -0.3 is 15.7 Å². The molecule has 0 aromatic heterocycles. The topological polar surface area (TPSA) is 78.4 Å². The van der Waals surface area contributed by atoms with Crippen molar-refractivity contribution in [3.05, 3.63) is 29.8 Å². The summed E-state index contributed by atoms with van der Waals surface area (Å²) in [4.78, 5) is 22.0. The van der Waals surface area contributed by atoms with Gasteiger partial charge in [0.15, 0.2) is 0 Å². The van der Waals surface area contributed by atoms with Gasteiger partial charge in [0.2, 0.25) is 12.3 Å². The molecule has 0 saturated heterocycles. The van der Waals surface area contributed by atoms with E-state index in [1.165, 1.54) is 0 Å². The van der Waals surface area contributed by atoms with E-state index in [0.717, 1.165) is 0 Å². The average Bonchev–Trinajstić information content (AvgIpc) is 2.35. The van der Waals surface area contributed by atoms with Gasteiger partial charge in [-0.1, -0.05) is 32.9 Å². The fraction of sp³-hybridized carbons (Fsp3) is 0.429. The Bertz CT molecular complexity index is 452. The number of amides is 2. The molecule has 1 atom stereocenters. The van der Waals surface area contributed by atoms with Gasteiger partial charge in [-0.25, -0.2) is 0 Å². The van der Waals surface area contributed by atoms with Crippen LogP contribution < -0.4 is 10.6 Å². The Hall–Kier alpha value is -1.88. The second kappa shape index (κ2) is 6.33. The maximum absolute atomic E-state index is 11.9. The van der Waals surface area contributed by atoms with E-state index in [1.54, 1.807) is 24.3 Å². The van der Waals surface area contributed by atoms with Crippen LogP contribution in [0.2, 0.25) is 0 Å². The summed E-state index contributed by atoms with van der Waals surface area (Å²) >= 11 is 0. The van der Waals surface area contributed by atoms with Crippen LogP contribution in [-0.4, -0.2) is 24.0 Å². The Balaban J connectivity index is 2.77. The zero-order valence-electron chi connectivity index (χ0n) is 11.4. The Morgan fingerprint density at radius 2 is 2.11 bits per heavy atom. The van der Waals surface area contributed by atoms with Crippen LogP contribution in [-0.2, 0) is 9.59 Å². The smallest absolute Gasteiger partial charge is 0.229 e. The molecule has 5 nitrogen and oxygen atoms in total. The summed E-state index contributed by atoms with van der Waals surface area (Å²) in [6.07, 6.45) is -0.259. The van der Waals surface area contributed by atoms with Crippen LogP contribution >= 0.6 is 0 Å². The zero-order valence-corrected chi connectivity index (χ0v) is 11.4. The second-order valence-corrected chi connectivity index (χ2v) is 5.37. The fourth-order valence-electron chi connectivity index (χ4n) is 1.42. The molecular formula is C14H20N2O3. The minimum absolute atomic E-state index is 0.0924. The summed E-state index contributed by atoms with van der Waals surface area (Å²) in [6.45, 7) is 5.62. The summed E-state index contributed by atoms with van der Waals surface area (Å²) in [5.41, 5.74) is 0.789. The molecule has 5 heteroatoms. The Morgan fingerprint density at radius 1 is 1.42 bits per heavy atom. The second-order valence-electron chi connectivity index (χ2n) is 5.37. The van der Waals surface area contributed by atoms with Crippen LogP contribution in [0.1, 0.15) is 32.4 Å². The number of aliphatic hydroxyl groups excluding tert-OH is 1. The van der Waals surface area contributed by atoms with Gasteiger partial charge in [-0.3, -0.25) is 9.59 Å². The SMILES string of the molecule is CC(C)(C)C(=O)Nc1cccc(C(O)CNC=O)c1. The molecule has 1 rings (SSSR count). The number of hydrogen-bond acceptors (Lipinski definition) is 3. The lowest BCUT2D eigenvalue weighted by atomic mass is 9.95. The highest BCUT2D eigenvalue weighted by Gasteiger charge is 2.21. The van der Waals surface area contributed by atoms with E-state index in [-0.39, 0.29) is 12.5 Å². The third kappa shape index (κ3) is 4.71. The minimum atomic E-state index is -0.795. The number of aliphatic hydroxyl groups is 1. The van der Waals surface area contributed by atoms with Crippen molar-refractivity contribution in [3.8, 4) is 0 Å². The molecule has 0 aliphatic carbocycles. The monoisotopic (exact) mass is 264 g/mol. The van der Waals surface area contributed by atoms with Crippen LogP contribution in [0.3, 0.4) is 0 Å². The fourth-order valence-corrected chi connectivity index (χ4v) is 1.42. The van der Waals surface area contributed by atoms with Gasteiger partial charge >= 0.3 is 0 Å². The van der Waals surface area contributed by atoms with Gasteiger partial charge in [0, 0.05) is 17.6 Å². The number of rotatable bonds is 5. The maximum atomic E-state index is 11.9. The summed E-state index contributed by atoms with van der Waals surface area (Å²) in [6, 6.07) is 6.94. The van der Waals surface area contributed by atoms with Crippen molar-refractivity contribution in [1.29, 1.82) is 0 Å². The van der Waals surface area contributed by atoms with Gasteiger partial charge in [-0.15, -0.1) is 0 Å². The highest BCUT2D eigenvalue weighted by molar-refractivity contribution is 5.94. The number of anilines is 1. The van der Waals surface area contributed by atoms with E-state index in [4.69, 9.17) is 0 Å². The van der Waals surface area contributed by atoms with Crippen LogP contribution in [0.15, 0.2) is 24.3 Å². The van der Waals surface area contributed by atoms with Gasteiger partial charge in [0.05, 0.1) is 6.10 Å². The quantitative estimate of drug-likeness (QED) is 0.704. The van der Waals surface area contributed by atoms with E-state index in [0.29, 0.717) is 17.7 Å². The van der Waals surface area contributed by atoms with Gasteiger partial charge in [-0.2, -0.15) is 0 Å². The summed E-state index contributed by atoms with van der Waals surface area (Å²) in [7, 11) is 0. The van der Waals surface area contributed by atoms with Crippen molar-refractivity contribution in [3.63, 3.8) is 0 Å². The molecule has 0 saturated carbocycles. The van der Waals surface area contributed by atoms with Gasteiger partial charge in [-0.05, 0) is 17.7 Å². The first-order valence-corrected chi connectivity index (χ1v) is 6.11. The van der Waals surface area contributed by atoms with E-state index in [9.17, 15) is 14.7 Å². The molecule has 0 heterocycles. The Morgan fingerprint density at radius 3 is 2.68 bits per heavy atom. The molecule has 1 aromatic carbocycles. The van der Waals surface area contributed by atoms with Crippen LogP contribution in [0.4, 0.5) is 5.69 Å². The van der Waals surface area contributed by atoms with E-state index in [1.807, 2.05) is 20.8 Å². The lowest BCUT2D eigenvalue weighted by Gasteiger charge is -2.18. The summed E-state index contributed by atoms with van der Waals surface area (Å²) in [5.74, 6) is -0.0924. The number of nitrogens with one attached hydrogen (secondary N) is 2. The van der Waals surface area contributed by atoms with Crippen LogP contribution in [0, 0.1) is 5.41 Å². The molecule has 1 unspecified atom stereocenters. The molecule has 0 aliphatic rings. The lowest BCUT2D eigenvalue weighted by Crippen LogP contribution is -2.27. The molecule has 0 spiro atoms. The van der Waals surface area contributed by atoms with E-state index < -0.39 is 11.5 Å². The maximum Gasteiger partial charge on any atom is 0.229 e. The standard InChI is InChI=1S/C14H20N2O3/c1-14(2,3)13(19)16-11-6-4-5-10(7-11)12(18)8-15-9-17/h4-7,9,12,18H,8H2,1-3H3,(H,15,17)(H,16,19). The molecule has 0 aliphatic heterocycles. The number of carbonyl (C=O) groups is 2. The average molecular weight is 264 g/mol. The highest BCUT2D eigenvalue weighted by Crippen LogP contribution is 2.20. The number of carbonyl (C=O) groups excluding carboxylic acids is 2. The molecule has 1 aromatic rings. The lowest BCUT2D eigenvalue weighted by molar-refractivity contribution is -0.123. The predicted molar refractivity (Wildman–Crippen MR) is 73.6 cm³/mol. The Kier molecular flexibility index (Phi) is 5.06. The van der Waals surface area contributed by atoms with E-state index in [2.05, 4.69) is 10.6 Å². The highest BCUT2D eigenvalue weighted by atomic mass is 16.3. The first kappa shape index (κ1) is 15.2. The first-order valence-electron chi connectivity index (χ1n) is 6.11.